The van der Waals surface area contributed by atoms with Crippen LogP contribution in [-0.4, -0.2) is 28.8 Å². The molecule has 2 aromatic rings. The first kappa shape index (κ1) is 16.5. The van der Waals surface area contributed by atoms with Crippen LogP contribution in [0.15, 0.2) is 42.7 Å². The average Bonchev–Trinajstić information content (AvgIpc) is 3.08. The summed E-state index contributed by atoms with van der Waals surface area (Å²) in [5.41, 5.74) is 2.07. The number of carbonyl (C=O) groups excluding carboxylic acids is 1. The highest BCUT2D eigenvalue weighted by Crippen LogP contribution is 2.14. The molecule has 0 bridgehead atoms. The van der Waals surface area contributed by atoms with E-state index in [1.165, 1.54) is 0 Å². The third kappa shape index (κ3) is 3.87. The van der Waals surface area contributed by atoms with E-state index in [2.05, 4.69) is 15.7 Å². The van der Waals surface area contributed by atoms with E-state index in [0.29, 0.717) is 6.54 Å². The predicted molar refractivity (Wildman–Crippen MR) is 88.3 cm³/mol. The van der Waals surface area contributed by atoms with Crippen molar-refractivity contribution in [1.29, 1.82) is 0 Å². The molecule has 0 radical (unpaired) electrons. The van der Waals surface area contributed by atoms with Crippen molar-refractivity contribution in [3.63, 3.8) is 0 Å². The lowest BCUT2D eigenvalue weighted by Crippen LogP contribution is -2.40. The summed E-state index contributed by atoms with van der Waals surface area (Å²) in [6, 6.07) is 9.89. The molecule has 1 amide bonds. The number of halogens is 1. The number of amides is 1. The van der Waals surface area contributed by atoms with E-state index in [0.717, 1.165) is 37.2 Å². The first-order chi connectivity index (χ1) is 10.3. The van der Waals surface area contributed by atoms with Gasteiger partial charge in [0.2, 0.25) is 5.91 Å². The molecule has 1 aromatic carbocycles. The van der Waals surface area contributed by atoms with E-state index in [1.807, 2.05) is 41.2 Å². The minimum atomic E-state index is 0. The largest absolute Gasteiger partial charge is 0.352 e. The Morgan fingerprint density at radius 3 is 2.95 bits per heavy atom. The molecule has 1 aliphatic rings. The van der Waals surface area contributed by atoms with Crippen molar-refractivity contribution in [1.82, 2.24) is 20.4 Å². The Morgan fingerprint density at radius 2 is 2.23 bits per heavy atom. The molecule has 0 unspecified atom stereocenters. The number of nitrogens with one attached hydrogen (secondary N) is 2. The summed E-state index contributed by atoms with van der Waals surface area (Å²) in [4.78, 5) is 12.2. The van der Waals surface area contributed by atoms with Crippen molar-refractivity contribution < 1.29 is 4.79 Å². The van der Waals surface area contributed by atoms with Gasteiger partial charge in [0, 0.05) is 25.5 Å². The van der Waals surface area contributed by atoms with Crippen molar-refractivity contribution in [3.8, 4) is 5.69 Å². The van der Waals surface area contributed by atoms with Crippen molar-refractivity contribution >= 4 is 18.3 Å². The number of rotatable bonds is 4. The van der Waals surface area contributed by atoms with Gasteiger partial charge in [0.25, 0.3) is 0 Å². The number of aromatic nitrogens is 2. The van der Waals surface area contributed by atoms with Crippen molar-refractivity contribution in [2.24, 2.45) is 5.92 Å². The van der Waals surface area contributed by atoms with Crippen LogP contribution < -0.4 is 10.6 Å². The third-order valence-electron chi connectivity index (χ3n) is 3.86. The van der Waals surface area contributed by atoms with Gasteiger partial charge >= 0.3 is 0 Å². The highest BCUT2D eigenvalue weighted by Gasteiger charge is 2.20. The van der Waals surface area contributed by atoms with E-state index < -0.39 is 0 Å². The smallest absolute Gasteiger partial charge is 0.224 e. The molecule has 1 atom stereocenters. The van der Waals surface area contributed by atoms with Gasteiger partial charge in [0.1, 0.15) is 0 Å². The normalized spacial score (nSPS) is 17.5. The van der Waals surface area contributed by atoms with E-state index >= 15 is 0 Å². The molecule has 5 nitrogen and oxygen atoms in total. The number of para-hydroxylation sites is 1. The zero-order chi connectivity index (χ0) is 14.5. The summed E-state index contributed by atoms with van der Waals surface area (Å²) in [6.07, 6.45) is 5.70. The number of hydrogen-bond acceptors (Lipinski definition) is 3. The monoisotopic (exact) mass is 320 g/mol. The van der Waals surface area contributed by atoms with Crippen LogP contribution in [0.4, 0.5) is 0 Å². The fraction of sp³-hybridized carbons (Fsp3) is 0.375. The zero-order valence-electron chi connectivity index (χ0n) is 12.4. The molecule has 2 N–H and O–H groups in total. The summed E-state index contributed by atoms with van der Waals surface area (Å²) in [5.74, 6) is 0.230. The molecule has 1 aliphatic heterocycles. The SMILES string of the molecule is Cl.O=C(NCc1ccccc1-n1cccn1)[C@@H]1CCCNC1. The quantitative estimate of drug-likeness (QED) is 0.904. The first-order valence-corrected chi connectivity index (χ1v) is 7.41. The number of nitrogens with zero attached hydrogens (tertiary/aromatic N) is 2. The van der Waals surface area contributed by atoms with Crippen molar-refractivity contribution in [2.45, 2.75) is 19.4 Å². The van der Waals surface area contributed by atoms with Crippen LogP contribution in [0.5, 0.6) is 0 Å². The first-order valence-electron chi connectivity index (χ1n) is 7.41. The fourth-order valence-corrected chi connectivity index (χ4v) is 2.70. The molecule has 6 heteroatoms. The molecule has 22 heavy (non-hydrogen) atoms. The molecule has 1 saturated heterocycles. The van der Waals surface area contributed by atoms with Crippen LogP contribution in [0.3, 0.4) is 0 Å². The lowest BCUT2D eigenvalue weighted by Gasteiger charge is -2.22. The Bertz CT molecular complexity index is 594. The summed E-state index contributed by atoms with van der Waals surface area (Å²) in [5, 5.41) is 10.6. The second-order valence-corrected chi connectivity index (χ2v) is 5.34. The highest BCUT2D eigenvalue weighted by molar-refractivity contribution is 5.85. The van der Waals surface area contributed by atoms with Crippen LogP contribution in [0.25, 0.3) is 5.69 Å². The molecular formula is C16H21ClN4O. The van der Waals surface area contributed by atoms with E-state index in [1.54, 1.807) is 6.20 Å². The van der Waals surface area contributed by atoms with Gasteiger partial charge in [-0.15, -0.1) is 12.4 Å². The molecular weight excluding hydrogens is 300 g/mol. The number of benzene rings is 1. The second kappa shape index (κ2) is 7.96. The van der Waals surface area contributed by atoms with Crippen LogP contribution in [-0.2, 0) is 11.3 Å². The topological polar surface area (TPSA) is 59.0 Å². The highest BCUT2D eigenvalue weighted by atomic mass is 35.5. The minimum Gasteiger partial charge on any atom is -0.352 e. The molecule has 0 spiro atoms. The van der Waals surface area contributed by atoms with Gasteiger partial charge in [-0.3, -0.25) is 4.79 Å². The molecule has 0 saturated carbocycles. The van der Waals surface area contributed by atoms with Gasteiger partial charge in [-0.25, -0.2) is 4.68 Å². The minimum absolute atomic E-state index is 0. The van der Waals surface area contributed by atoms with E-state index in [9.17, 15) is 4.79 Å². The van der Waals surface area contributed by atoms with Gasteiger partial charge < -0.3 is 10.6 Å². The number of piperidine rings is 1. The Morgan fingerprint density at radius 1 is 1.36 bits per heavy atom. The van der Waals surface area contributed by atoms with Gasteiger partial charge in [-0.2, -0.15) is 5.10 Å². The van der Waals surface area contributed by atoms with Crippen LogP contribution in [0.1, 0.15) is 18.4 Å². The molecule has 3 rings (SSSR count). The van der Waals surface area contributed by atoms with Gasteiger partial charge in [-0.05, 0) is 37.1 Å². The predicted octanol–water partition coefficient (Wildman–Crippen LogP) is 1.91. The van der Waals surface area contributed by atoms with Crippen LogP contribution in [0.2, 0.25) is 0 Å². The maximum absolute atomic E-state index is 12.2. The van der Waals surface area contributed by atoms with Gasteiger partial charge in [0.15, 0.2) is 0 Å². The standard InChI is InChI=1S/C16H20N4O.ClH/c21-16(14-6-3-8-17-11-14)18-12-13-5-1-2-7-15(13)20-10-4-9-19-20;/h1-2,4-5,7,9-10,14,17H,3,6,8,11-12H2,(H,18,21);1H/t14-;/m1./s1. The summed E-state index contributed by atoms with van der Waals surface area (Å²) in [7, 11) is 0. The Hall–Kier alpha value is -1.85. The summed E-state index contributed by atoms with van der Waals surface area (Å²) >= 11 is 0. The second-order valence-electron chi connectivity index (χ2n) is 5.34. The lowest BCUT2D eigenvalue weighted by molar-refractivity contribution is -0.125. The summed E-state index contributed by atoms with van der Waals surface area (Å²) < 4.78 is 1.82. The van der Waals surface area contributed by atoms with Gasteiger partial charge in [-0.1, -0.05) is 18.2 Å². The fourth-order valence-electron chi connectivity index (χ4n) is 2.70. The van der Waals surface area contributed by atoms with Gasteiger partial charge in [0.05, 0.1) is 11.6 Å². The van der Waals surface area contributed by atoms with Crippen LogP contribution in [0, 0.1) is 5.92 Å². The molecule has 1 fully saturated rings. The summed E-state index contributed by atoms with van der Waals surface area (Å²) in [6.45, 7) is 2.34. The van der Waals surface area contributed by atoms with E-state index in [-0.39, 0.29) is 24.2 Å². The Labute approximate surface area is 136 Å². The van der Waals surface area contributed by atoms with Crippen LogP contribution >= 0.6 is 12.4 Å². The van der Waals surface area contributed by atoms with Crippen molar-refractivity contribution in [2.75, 3.05) is 13.1 Å². The maximum atomic E-state index is 12.2. The Kier molecular flexibility index (Phi) is 5.98. The average molecular weight is 321 g/mol. The van der Waals surface area contributed by atoms with Crippen molar-refractivity contribution in [3.05, 3.63) is 48.3 Å². The maximum Gasteiger partial charge on any atom is 0.224 e. The molecule has 118 valence electrons. The van der Waals surface area contributed by atoms with E-state index in [4.69, 9.17) is 0 Å². The number of hydrogen-bond donors (Lipinski definition) is 2. The molecule has 0 aliphatic carbocycles. The third-order valence-corrected chi connectivity index (χ3v) is 3.86. The number of carbonyl (C=O) groups is 1. The lowest BCUT2D eigenvalue weighted by atomic mass is 9.99. The zero-order valence-corrected chi connectivity index (χ0v) is 13.2. The molecule has 2 heterocycles. The molecule has 1 aromatic heterocycles. The Balaban J connectivity index is 0.00000176.